The molecule has 1 amide bonds. The Labute approximate surface area is 135 Å². The minimum Gasteiger partial charge on any atom is -0.352 e. The Kier molecular flexibility index (Phi) is 3.66. The van der Waals surface area contributed by atoms with Crippen molar-refractivity contribution in [2.24, 2.45) is 23.2 Å². The highest BCUT2D eigenvalue weighted by Gasteiger charge is 2.50. The predicted molar refractivity (Wildman–Crippen MR) is 83.9 cm³/mol. The topological polar surface area (TPSA) is 29.1 Å². The summed E-state index contributed by atoms with van der Waals surface area (Å²) >= 11 is 0. The van der Waals surface area contributed by atoms with Gasteiger partial charge in [0.05, 0.1) is 5.56 Å². The summed E-state index contributed by atoms with van der Waals surface area (Å²) in [5.74, 6) is 0.793. The first-order valence-electron chi connectivity index (χ1n) is 8.76. The Morgan fingerprint density at radius 1 is 1.09 bits per heavy atom. The van der Waals surface area contributed by atoms with E-state index in [1.165, 1.54) is 44.6 Å². The number of carbonyl (C=O) groups excluding carboxylic acids is 1. The van der Waals surface area contributed by atoms with Crippen molar-refractivity contribution in [3.05, 3.63) is 35.4 Å². The van der Waals surface area contributed by atoms with Crippen LogP contribution in [0.3, 0.4) is 0 Å². The quantitative estimate of drug-likeness (QED) is 0.881. The molecule has 0 heterocycles. The lowest BCUT2D eigenvalue weighted by atomic mass is 9.49. The van der Waals surface area contributed by atoms with Gasteiger partial charge in [0.2, 0.25) is 0 Å². The Morgan fingerprint density at radius 3 is 2.26 bits per heavy atom. The SMILES string of the molecule is O=C(NCCC12CC3CC(CC(C3)C1)C2)c1ccc(F)cc1F. The van der Waals surface area contributed by atoms with E-state index in [1.54, 1.807) is 0 Å². The van der Waals surface area contributed by atoms with E-state index in [1.807, 2.05) is 0 Å². The number of nitrogens with one attached hydrogen (secondary N) is 1. The van der Waals surface area contributed by atoms with Gasteiger partial charge in [-0.25, -0.2) is 8.78 Å². The van der Waals surface area contributed by atoms with E-state index in [-0.39, 0.29) is 5.56 Å². The molecule has 4 fully saturated rings. The molecule has 23 heavy (non-hydrogen) atoms. The van der Waals surface area contributed by atoms with Gasteiger partial charge >= 0.3 is 0 Å². The maximum Gasteiger partial charge on any atom is 0.254 e. The summed E-state index contributed by atoms with van der Waals surface area (Å²) in [4.78, 5) is 12.1. The zero-order chi connectivity index (χ0) is 16.0. The fraction of sp³-hybridized carbons (Fsp3) is 0.632. The largest absolute Gasteiger partial charge is 0.352 e. The fourth-order valence-electron chi connectivity index (χ4n) is 5.81. The lowest BCUT2D eigenvalue weighted by Crippen LogP contribution is -2.47. The number of rotatable bonds is 4. The second-order valence-corrected chi connectivity index (χ2v) is 8.05. The van der Waals surface area contributed by atoms with Crippen LogP contribution < -0.4 is 5.32 Å². The molecular formula is C19H23F2NO. The van der Waals surface area contributed by atoms with Crippen LogP contribution in [0.15, 0.2) is 18.2 Å². The van der Waals surface area contributed by atoms with Crippen molar-refractivity contribution >= 4 is 5.91 Å². The second kappa shape index (κ2) is 5.57. The van der Waals surface area contributed by atoms with Gasteiger partial charge in [-0.3, -0.25) is 4.79 Å². The Hall–Kier alpha value is -1.45. The van der Waals surface area contributed by atoms with E-state index in [2.05, 4.69) is 5.32 Å². The summed E-state index contributed by atoms with van der Waals surface area (Å²) in [5.41, 5.74) is 0.334. The zero-order valence-corrected chi connectivity index (χ0v) is 13.3. The van der Waals surface area contributed by atoms with Gasteiger partial charge in [0.1, 0.15) is 11.6 Å². The number of hydrogen-bond donors (Lipinski definition) is 1. The van der Waals surface area contributed by atoms with Crippen molar-refractivity contribution in [3.8, 4) is 0 Å². The van der Waals surface area contributed by atoms with Crippen LogP contribution >= 0.6 is 0 Å². The summed E-state index contributed by atoms with van der Waals surface area (Å²) in [6.45, 7) is 0.585. The van der Waals surface area contributed by atoms with Crippen LogP contribution in [-0.2, 0) is 0 Å². The average molecular weight is 319 g/mol. The smallest absolute Gasteiger partial charge is 0.254 e. The van der Waals surface area contributed by atoms with Gasteiger partial charge in [0.25, 0.3) is 5.91 Å². The molecule has 4 aliphatic rings. The van der Waals surface area contributed by atoms with E-state index in [9.17, 15) is 13.6 Å². The summed E-state index contributed by atoms with van der Waals surface area (Å²) in [5, 5.41) is 2.83. The van der Waals surface area contributed by atoms with E-state index in [0.29, 0.717) is 12.0 Å². The van der Waals surface area contributed by atoms with Crippen LogP contribution in [0.2, 0.25) is 0 Å². The molecule has 4 heteroatoms. The molecule has 4 aliphatic carbocycles. The van der Waals surface area contributed by atoms with Crippen LogP contribution in [0.5, 0.6) is 0 Å². The van der Waals surface area contributed by atoms with Crippen molar-refractivity contribution in [3.63, 3.8) is 0 Å². The summed E-state index contributed by atoms with van der Waals surface area (Å²) < 4.78 is 26.6. The third kappa shape index (κ3) is 2.88. The zero-order valence-electron chi connectivity index (χ0n) is 13.3. The molecule has 1 aromatic carbocycles. The molecule has 0 radical (unpaired) electrons. The third-order valence-electron chi connectivity index (χ3n) is 6.28. The third-order valence-corrected chi connectivity index (χ3v) is 6.28. The first-order valence-corrected chi connectivity index (χ1v) is 8.76. The minimum absolute atomic E-state index is 0.0723. The first-order chi connectivity index (χ1) is 11.0. The highest BCUT2D eigenvalue weighted by atomic mass is 19.1. The summed E-state index contributed by atoms with van der Waals surface area (Å²) in [6, 6.07) is 3.09. The van der Waals surface area contributed by atoms with Gasteiger partial charge in [0, 0.05) is 12.6 Å². The van der Waals surface area contributed by atoms with Crippen molar-refractivity contribution in [2.45, 2.75) is 44.9 Å². The van der Waals surface area contributed by atoms with E-state index in [4.69, 9.17) is 0 Å². The highest BCUT2D eigenvalue weighted by Crippen LogP contribution is 2.61. The Balaban J connectivity index is 1.36. The lowest BCUT2D eigenvalue weighted by molar-refractivity contribution is -0.0564. The molecule has 0 atom stereocenters. The standard InChI is InChI=1S/C19H23F2NO/c20-15-1-2-16(17(21)8-15)18(23)22-4-3-19-9-12-5-13(10-19)7-14(6-12)11-19/h1-2,8,12-14H,3-7,9-11H2,(H,22,23). The first kappa shape index (κ1) is 15.1. The molecule has 4 saturated carbocycles. The van der Waals surface area contributed by atoms with Gasteiger partial charge in [-0.15, -0.1) is 0 Å². The molecule has 1 aromatic rings. The summed E-state index contributed by atoms with van der Waals surface area (Å²) in [7, 11) is 0. The normalized spacial score (nSPS) is 34.6. The molecule has 5 rings (SSSR count). The van der Waals surface area contributed by atoms with Crippen LogP contribution in [0.4, 0.5) is 8.78 Å². The van der Waals surface area contributed by atoms with Crippen molar-refractivity contribution in [1.82, 2.24) is 5.32 Å². The van der Waals surface area contributed by atoms with E-state index in [0.717, 1.165) is 36.3 Å². The number of benzene rings is 1. The molecule has 0 aliphatic heterocycles. The number of halogens is 2. The average Bonchev–Trinajstić information content (AvgIpc) is 2.45. The number of carbonyl (C=O) groups is 1. The predicted octanol–water partition coefficient (Wildman–Crippen LogP) is 4.30. The molecule has 0 spiro atoms. The van der Waals surface area contributed by atoms with Crippen LogP contribution in [-0.4, -0.2) is 12.5 Å². The van der Waals surface area contributed by atoms with Crippen LogP contribution in [0, 0.1) is 34.8 Å². The van der Waals surface area contributed by atoms with Gasteiger partial charge in [-0.1, -0.05) is 0 Å². The van der Waals surface area contributed by atoms with Crippen LogP contribution in [0.1, 0.15) is 55.3 Å². The lowest BCUT2D eigenvalue weighted by Gasteiger charge is -2.57. The Morgan fingerprint density at radius 2 is 1.70 bits per heavy atom. The molecular weight excluding hydrogens is 296 g/mol. The van der Waals surface area contributed by atoms with Crippen molar-refractivity contribution in [2.75, 3.05) is 6.54 Å². The Bertz CT molecular complexity index is 593. The van der Waals surface area contributed by atoms with E-state index < -0.39 is 17.5 Å². The summed E-state index contributed by atoms with van der Waals surface area (Å²) in [6.07, 6.45) is 9.13. The molecule has 1 N–H and O–H groups in total. The van der Waals surface area contributed by atoms with Gasteiger partial charge < -0.3 is 5.32 Å². The second-order valence-electron chi connectivity index (χ2n) is 8.05. The maximum atomic E-state index is 13.6. The molecule has 4 bridgehead atoms. The molecule has 0 aromatic heterocycles. The molecule has 2 nitrogen and oxygen atoms in total. The van der Waals surface area contributed by atoms with Crippen molar-refractivity contribution in [1.29, 1.82) is 0 Å². The number of amides is 1. The van der Waals surface area contributed by atoms with Crippen molar-refractivity contribution < 1.29 is 13.6 Å². The van der Waals surface area contributed by atoms with Gasteiger partial charge in [-0.05, 0) is 80.2 Å². The maximum absolute atomic E-state index is 13.6. The highest BCUT2D eigenvalue weighted by molar-refractivity contribution is 5.94. The van der Waals surface area contributed by atoms with Gasteiger partial charge in [0.15, 0.2) is 0 Å². The van der Waals surface area contributed by atoms with Gasteiger partial charge in [-0.2, -0.15) is 0 Å². The number of hydrogen-bond acceptors (Lipinski definition) is 1. The minimum atomic E-state index is -0.794. The molecule has 0 saturated heterocycles. The fourth-order valence-corrected chi connectivity index (χ4v) is 5.81. The van der Waals surface area contributed by atoms with Crippen LogP contribution in [0.25, 0.3) is 0 Å². The van der Waals surface area contributed by atoms with E-state index >= 15 is 0 Å². The monoisotopic (exact) mass is 319 g/mol. The molecule has 0 unspecified atom stereocenters. The molecule has 124 valence electrons.